The third-order valence-electron chi connectivity index (χ3n) is 3.64. The molecule has 0 aliphatic carbocycles. The van der Waals surface area contributed by atoms with Crippen LogP contribution in [0.15, 0.2) is 58.1 Å². The minimum atomic E-state index is -3.64. The van der Waals surface area contributed by atoms with Gasteiger partial charge < -0.3 is 4.74 Å². The van der Waals surface area contributed by atoms with Crippen LogP contribution in [0.25, 0.3) is 0 Å². The number of rotatable bonds is 7. The summed E-state index contributed by atoms with van der Waals surface area (Å²) in [5.41, 5.74) is 4.17. The lowest BCUT2D eigenvalue weighted by molar-refractivity contribution is -0.119. The summed E-state index contributed by atoms with van der Waals surface area (Å²) in [6, 6.07) is 13.9. The zero-order valence-electron chi connectivity index (χ0n) is 15.1. The maximum atomic E-state index is 12.2. The van der Waals surface area contributed by atoms with Gasteiger partial charge in [-0.2, -0.15) is 5.10 Å². The maximum Gasteiger partial charge on any atom is 0.260 e. The first-order valence-corrected chi connectivity index (χ1v) is 10.6. The van der Waals surface area contributed by atoms with Crippen LogP contribution in [-0.2, 0) is 14.8 Å². The monoisotopic (exact) mass is 453 g/mol. The molecule has 0 saturated carbocycles. The highest BCUT2D eigenvalue weighted by atomic mass is 79.9. The highest BCUT2D eigenvalue weighted by Crippen LogP contribution is 2.21. The molecule has 0 heterocycles. The number of halogens is 1. The van der Waals surface area contributed by atoms with Crippen molar-refractivity contribution in [2.75, 3.05) is 24.2 Å². The van der Waals surface area contributed by atoms with Gasteiger partial charge in [0.05, 0.1) is 24.8 Å². The van der Waals surface area contributed by atoms with Gasteiger partial charge in [0, 0.05) is 4.47 Å². The highest BCUT2D eigenvalue weighted by molar-refractivity contribution is 9.10. The number of ether oxygens (including phenoxy) is 1. The van der Waals surface area contributed by atoms with Gasteiger partial charge in [-0.15, -0.1) is 0 Å². The Morgan fingerprint density at radius 1 is 1.22 bits per heavy atom. The number of nitrogens with one attached hydrogen (secondary N) is 1. The number of amides is 1. The molecule has 0 unspecified atom stereocenters. The number of sulfonamides is 1. The molecule has 0 aliphatic heterocycles. The summed E-state index contributed by atoms with van der Waals surface area (Å²) in [5.74, 6) is 0.168. The first-order chi connectivity index (χ1) is 12.7. The third-order valence-corrected chi connectivity index (χ3v) is 5.27. The molecule has 0 bridgehead atoms. The second-order valence-corrected chi connectivity index (χ2v) is 8.53. The molecule has 1 N–H and O–H groups in total. The molecular weight excluding hydrogens is 434 g/mol. The van der Waals surface area contributed by atoms with E-state index in [1.165, 1.54) is 0 Å². The topological polar surface area (TPSA) is 88.1 Å². The second kappa shape index (κ2) is 9.01. The van der Waals surface area contributed by atoms with Crippen LogP contribution in [0.3, 0.4) is 0 Å². The Balaban J connectivity index is 2.11. The number of carbonyl (C=O) groups is 1. The van der Waals surface area contributed by atoms with Gasteiger partial charge in [-0.25, -0.2) is 13.8 Å². The van der Waals surface area contributed by atoms with Gasteiger partial charge in [0.25, 0.3) is 5.91 Å². The summed E-state index contributed by atoms with van der Waals surface area (Å²) in [6.45, 7) is 1.36. The molecule has 0 radical (unpaired) electrons. The average Bonchev–Trinajstić information content (AvgIpc) is 2.63. The summed E-state index contributed by atoms with van der Waals surface area (Å²) < 4.78 is 31.0. The lowest BCUT2D eigenvalue weighted by Gasteiger charge is -2.21. The third kappa shape index (κ3) is 6.07. The van der Waals surface area contributed by atoms with E-state index in [2.05, 4.69) is 26.5 Å². The second-order valence-electron chi connectivity index (χ2n) is 5.71. The zero-order chi connectivity index (χ0) is 20.0. The van der Waals surface area contributed by atoms with E-state index < -0.39 is 15.9 Å². The van der Waals surface area contributed by atoms with E-state index in [1.807, 2.05) is 12.1 Å². The smallest absolute Gasteiger partial charge is 0.260 e. The van der Waals surface area contributed by atoms with Gasteiger partial charge in [0.15, 0.2) is 0 Å². The Bertz CT molecular complexity index is 943. The fraction of sp³-hybridized carbons (Fsp3) is 0.222. The Kier molecular flexibility index (Phi) is 6.98. The maximum absolute atomic E-state index is 12.2. The molecule has 0 fully saturated rings. The fourth-order valence-corrected chi connectivity index (χ4v) is 3.48. The minimum Gasteiger partial charge on any atom is -0.497 e. The van der Waals surface area contributed by atoms with E-state index in [-0.39, 0.29) is 6.54 Å². The first-order valence-electron chi connectivity index (χ1n) is 7.91. The SMILES string of the molecule is COc1ccc(/C(C)=N\NC(=O)CN(c2cccc(Br)c2)S(C)(=O)=O)cc1. The van der Waals surface area contributed by atoms with E-state index >= 15 is 0 Å². The number of methoxy groups -OCH3 is 1. The van der Waals surface area contributed by atoms with Gasteiger partial charge in [0.1, 0.15) is 12.3 Å². The zero-order valence-corrected chi connectivity index (χ0v) is 17.5. The van der Waals surface area contributed by atoms with Crippen LogP contribution in [0.4, 0.5) is 5.69 Å². The van der Waals surface area contributed by atoms with Gasteiger partial charge in [0.2, 0.25) is 10.0 Å². The predicted molar refractivity (Wildman–Crippen MR) is 110 cm³/mol. The minimum absolute atomic E-state index is 0.380. The Labute approximate surface area is 167 Å². The van der Waals surface area contributed by atoms with E-state index in [9.17, 15) is 13.2 Å². The van der Waals surface area contributed by atoms with Crippen LogP contribution < -0.4 is 14.5 Å². The van der Waals surface area contributed by atoms with Crippen molar-refractivity contribution in [2.45, 2.75) is 6.92 Å². The molecule has 2 rings (SSSR count). The number of benzene rings is 2. The standard InChI is InChI=1S/C18H20BrN3O4S/c1-13(14-7-9-17(26-2)10-8-14)20-21-18(23)12-22(27(3,24)25)16-6-4-5-15(19)11-16/h4-11H,12H2,1-3H3,(H,21,23)/b20-13-. The van der Waals surface area contributed by atoms with Crippen molar-refractivity contribution in [3.05, 3.63) is 58.6 Å². The molecule has 1 amide bonds. The Morgan fingerprint density at radius 3 is 2.44 bits per heavy atom. The summed E-state index contributed by atoms with van der Waals surface area (Å²) >= 11 is 3.30. The van der Waals surface area contributed by atoms with E-state index in [0.29, 0.717) is 21.6 Å². The number of hydrogen-bond acceptors (Lipinski definition) is 5. The number of hydrazone groups is 1. The van der Waals surface area contributed by atoms with E-state index in [1.54, 1.807) is 50.4 Å². The van der Waals surface area contributed by atoms with E-state index in [4.69, 9.17) is 4.74 Å². The lowest BCUT2D eigenvalue weighted by Crippen LogP contribution is -2.39. The fourth-order valence-electron chi connectivity index (χ4n) is 2.24. The van der Waals surface area contributed by atoms with Crippen molar-refractivity contribution in [1.29, 1.82) is 0 Å². The van der Waals surface area contributed by atoms with Crippen molar-refractivity contribution >= 4 is 43.3 Å². The Hall–Kier alpha value is -2.39. The molecule has 0 atom stereocenters. The summed E-state index contributed by atoms with van der Waals surface area (Å²) in [5, 5.41) is 4.04. The van der Waals surface area contributed by atoms with E-state index in [0.717, 1.165) is 16.1 Å². The van der Waals surface area contributed by atoms with Crippen LogP contribution in [0.2, 0.25) is 0 Å². The number of anilines is 1. The van der Waals surface area contributed by atoms with Gasteiger partial charge in [-0.3, -0.25) is 9.10 Å². The van der Waals surface area contributed by atoms with Crippen LogP contribution in [0, 0.1) is 0 Å². The predicted octanol–water partition coefficient (Wildman–Crippen LogP) is 2.76. The van der Waals surface area contributed by atoms with Crippen LogP contribution in [0.5, 0.6) is 5.75 Å². The summed E-state index contributed by atoms with van der Waals surface area (Å²) in [6.07, 6.45) is 1.05. The van der Waals surface area contributed by atoms with Crippen molar-refractivity contribution in [1.82, 2.24) is 5.43 Å². The number of nitrogens with zero attached hydrogens (tertiary/aromatic N) is 2. The normalized spacial score (nSPS) is 11.8. The van der Waals surface area contributed by atoms with Crippen molar-refractivity contribution in [2.24, 2.45) is 5.10 Å². The molecule has 0 aromatic heterocycles. The Morgan fingerprint density at radius 2 is 1.89 bits per heavy atom. The van der Waals surface area contributed by atoms with Crippen molar-refractivity contribution in [3.8, 4) is 5.75 Å². The molecule has 0 saturated heterocycles. The number of hydrogen-bond donors (Lipinski definition) is 1. The van der Waals surface area contributed by atoms with Crippen LogP contribution in [0.1, 0.15) is 12.5 Å². The molecule has 7 nitrogen and oxygen atoms in total. The van der Waals surface area contributed by atoms with Gasteiger partial charge in [-0.1, -0.05) is 22.0 Å². The highest BCUT2D eigenvalue weighted by Gasteiger charge is 2.21. The molecule has 9 heteroatoms. The molecule has 27 heavy (non-hydrogen) atoms. The average molecular weight is 454 g/mol. The van der Waals surface area contributed by atoms with Crippen molar-refractivity contribution in [3.63, 3.8) is 0 Å². The van der Waals surface area contributed by atoms with Crippen LogP contribution in [-0.4, -0.2) is 39.9 Å². The molecule has 2 aromatic carbocycles. The molecule has 0 spiro atoms. The molecule has 0 aliphatic rings. The summed E-state index contributed by atoms with van der Waals surface area (Å²) in [7, 11) is -2.06. The number of carbonyl (C=O) groups excluding carboxylic acids is 1. The van der Waals surface area contributed by atoms with Crippen LogP contribution >= 0.6 is 15.9 Å². The van der Waals surface area contributed by atoms with Gasteiger partial charge in [-0.05, 0) is 55.0 Å². The molecular formula is C18H20BrN3O4S. The lowest BCUT2D eigenvalue weighted by atomic mass is 10.1. The first kappa shape index (κ1) is 20.9. The largest absolute Gasteiger partial charge is 0.497 e. The quantitative estimate of drug-likeness (QED) is 0.515. The van der Waals surface area contributed by atoms with Gasteiger partial charge >= 0.3 is 0 Å². The molecule has 2 aromatic rings. The van der Waals surface area contributed by atoms with Crippen molar-refractivity contribution < 1.29 is 17.9 Å². The molecule has 144 valence electrons. The summed E-state index contributed by atoms with van der Waals surface area (Å²) in [4.78, 5) is 12.2.